The number of nitrogens with one attached hydrogen (secondary N) is 2. The zero-order valence-corrected chi connectivity index (χ0v) is 25.4. The number of hydrogen-bond donors (Lipinski definition) is 2. The summed E-state index contributed by atoms with van der Waals surface area (Å²) in [6.07, 6.45) is 1.14. The Labute approximate surface area is 239 Å². The summed E-state index contributed by atoms with van der Waals surface area (Å²) in [6, 6.07) is 9.73. The van der Waals surface area contributed by atoms with Crippen LogP contribution in [0.15, 0.2) is 29.2 Å². The van der Waals surface area contributed by atoms with E-state index in [1.54, 1.807) is 4.90 Å². The standard InChI is InChI=1S/C29H38N4O4S2/c1-8-22(38-19-11-9-10-18(14-19)31-24(34)15-28(2,3)4)25(35)32-26-21(16-30)20-12-13-33(17-23(20)39-26)27(36)37-29(5,6)7/h9-11,14,22H,8,12-13,15,17H2,1-7H3,(H,31,34)(H,32,35). The molecule has 1 aliphatic rings. The Kier molecular flexibility index (Phi) is 9.73. The van der Waals surface area contributed by atoms with E-state index in [1.807, 2.05) is 72.7 Å². The number of anilines is 2. The summed E-state index contributed by atoms with van der Waals surface area (Å²) in [5, 5.41) is 15.9. The maximum absolute atomic E-state index is 13.3. The van der Waals surface area contributed by atoms with Crippen LogP contribution in [0.5, 0.6) is 0 Å². The first-order valence-corrected chi connectivity index (χ1v) is 14.8. The molecule has 1 atom stereocenters. The zero-order valence-electron chi connectivity index (χ0n) is 23.8. The first-order valence-electron chi connectivity index (χ1n) is 13.1. The number of hydrogen-bond acceptors (Lipinski definition) is 7. The van der Waals surface area contributed by atoms with E-state index in [0.29, 0.717) is 48.6 Å². The second-order valence-electron chi connectivity index (χ2n) is 11.8. The van der Waals surface area contributed by atoms with E-state index in [4.69, 9.17) is 4.74 Å². The van der Waals surface area contributed by atoms with Crippen molar-refractivity contribution in [3.8, 4) is 6.07 Å². The lowest BCUT2D eigenvalue weighted by Crippen LogP contribution is -2.39. The van der Waals surface area contributed by atoms with Crippen LogP contribution in [0.25, 0.3) is 0 Å². The number of carbonyl (C=O) groups is 3. The SMILES string of the molecule is CCC(Sc1cccc(NC(=O)CC(C)(C)C)c1)C(=O)Nc1sc2c(c1C#N)CCN(C(=O)OC(C)(C)C)C2. The fourth-order valence-corrected chi connectivity index (χ4v) is 6.34. The molecule has 210 valence electrons. The van der Waals surface area contributed by atoms with Gasteiger partial charge in [0.25, 0.3) is 0 Å². The van der Waals surface area contributed by atoms with Crippen LogP contribution in [0, 0.1) is 16.7 Å². The van der Waals surface area contributed by atoms with Crippen LogP contribution in [0.1, 0.15) is 77.3 Å². The third kappa shape index (κ3) is 8.73. The van der Waals surface area contributed by atoms with Gasteiger partial charge in [0.2, 0.25) is 11.8 Å². The number of thioether (sulfide) groups is 1. The van der Waals surface area contributed by atoms with Crippen molar-refractivity contribution in [3.05, 3.63) is 40.3 Å². The molecule has 1 aromatic heterocycles. The molecule has 0 bridgehead atoms. The van der Waals surface area contributed by atoms with Gasteiger partial charge in [0.05, 0.1) is 17.4 Å². The third-order valence-electron chi connectivity index (χ3n) is 5.81. The largest absolute Gasteiger partial charge is 0.444 e. The highest BCUT2D eigenvalue weighted by molar-refractivity contribution is 8.00. The van der Waals surface area contributed by atoms with Gasteiger partial charge in [-0.15, -0.1) is 23.1 Å². The molecule has 39 heavy (non-hydrogen) atoms. The molecule has 3 rings (SSSR count). The molecule has 1 unspecified atom stereocenters. The van der Waals surface area contributed by atoms with Gasteiger partial charge in [0.15, 0.2) is 0 Å². The first kappa shape index (κ1) is 30.5. The van der Waals surface area contributed by atoms with E-state index in [-0.39, 0.29) is 23.3 Å². The third-order valence-corrected chi connectivity index (χ3v) is 8.30. The molecule has 10 heteroatoms. The lowest BCUT2D eigenvalue weighted by Gasteiger charge is -2.29. The van der Waals surface area contributed by atoms with E-state index in [1.165, 1.54) is 23.1 Å². The maximum atomic E-state index is 13.3. The van der Waals surface area contributed by atoms with Crippen LogP contribution in [-0.4, -0.2) is 40.2 Å². The summed E-state index contributed by atoms with van der Waals surface area (Å²) < 4.78 is 5.50. The summed E-state index contributed by atoms with van der Waals surface area (Å²) in [4.78, 5) is 41.6. The van der Waals surface area contributed by atoms with Gasteiger partial charge >= 0.3 is 6.09 Å². The van der Waals surface area contributed by atoms with E-state index >= 15 is 0 Å². The molecule has 2 aromatic rings. The Morgan fingerprint density at radius 3 is 2.51 bits per heavy atom. The molecular formula is C29H38N4O4S2. The quantitative estimate of drug-likeness (QED) is 0.354. The molecular weight excluding hydrogens is 532 g/mol. The molecule has 3 amide bonds. The highest BCUT2D eigenvalue weighted by Gasteiger charge is 2.31. The van der Waals surface area contributed by atoms with Gasteiger partial charge in [-0.2, -0.15) is 5.26 Å². The van der Waals surface area contributed by atoms with E-state index in [2.05, 4.69) is 16.7 Å². The summed E-state index contributed by atoms with van der Waals surface area (Å²) >= 11 is 2.76. The average molecular weight is 571 g/mol. The number of rotatable bonds is 7. The molecule has 8 nitrogen and oxygen atoms in total. The molecule has 0 aliphatic carbocycles. The topological polar surface area (TPSA) is 112 Å². The number of nitriles is 1. The van der Waals surface area contributed by atoms with Crippen molar-refractivity contribution in [2.24, 2.45) is 5.41 Å². The lowest BCUT2D eigenvalue weighted by molar-refractivity contribution is -0.118. The number of benzene rings is 1. The van der Waals surface area contributed by atoms with Crippen LogP contribution >= 0.6 is 23.1 Å². The molecule has 0 saturated carbocycles. The second-order valence-corrected chi connectivity index (χ2v) is 14.2. The average Bonchev–Trinajstić information content (AvgIpc) is 3.16. The van der Waals surface area contributed by atoms with Crippen LogP contribution in [0.2, 0.25) is 0 Å². The number of ether oxygens (including phenoxy) is 1. The molecule has 0 saturated heterocycles. The van der Waals surface area contributed by atoms with Crippen LogP contribution in [0.4, 0.5) is 15.5 Å². The second kappa shape index (κ2) is 12.4. The smallest absolute Gasteiger partial charge is 0.410 e. The Morgan fingerprint density at radius 2 is 1.90 bits per heavy atom. The number of carbonyl (C=O) groups excluding carboxylic acids is 3. The minimum atomic E-state index is -0.589. The Morgan fingerprint density at radius 1 is 1.18 bits per heavy atom. The minimum absolute atomic E-state index is 0.0506. The van der Waals surface area contributed by atoms with Crippen molar-refractivity contribution < 1.29 is 19.1 Å². The van der Waals surface area contributed by atoms with E-state index in [9.17, 15) is 19.6 Å². The number of nitrogens with zero attached hydrogens (tertiary/aromatic N) is 2. The number of fused-ring (bicyclic) bond motifs is 1. The zero-order chi connectivity index (χ0) is 29.0. The van der Waals surface area contributed by atoms with Crippen molar-refractivity contribution in [1.29, 1.82) is 5.26 Å². The van der Waals surface area contributed by atoms with E-state index < -0.39 is 10.9 Å². The predicted octanol–water partition coefficient (Wildman–Crippen LogP) is 6.80. The van der Waals surface area contributed by atoms with Gasteiger partial charge in [-0.05, 0) is 62.8 Å². The molecule has 2 heterocycles. The highest BCUT2D eigenvalue weighted by atomic mass is 32.2. The maximum Gasteiger partial charge on any atom is 0.410 e. The van der Waals surface area contributed by atoms with Crippen molar-refractivity contribution in [1.82, 2.24) is 4.90 Å². The van der Waals surface area contributed by atoms with Crippen LogP contribution in [-0.2, 0) is 27.3 Å². The molecule has 1 aliphatic heterocycles. The van der Waals surface area contributed by atoms with Gasteiger partial charge < -0.3 is 20.3 Å². The van der Waals surface area contributed by atoms with Crippen molar-refractivity contribution >= 4 is 51.7 Å². The van der Waals surface area contributed by atoms with Crippen LogP contribution < -0.4 is 10.6 Å². The van der Waals surface area contributed by atoms with Crippen molar-refractivity contribution in [2.45, 2.75) is 90.0 Å². The van der Waals surface area contributed by atoms with Gasteiger partial charge in [-0.3, -0.25) is 9.59 Å². The molecule has 1 aromatic carbocycles. The normalized spacial score (nSPS) is 14.2. The monoisotopic (exact) mass is 570 g/mol. The van der Waals surface area contributed by atoms with Gasteiger partial charge in [0.1, 0.15) is 16.7 Å². The fourth-order valence-electron chi connectivity index (χ4n) is 4.11. The van der Waals surface area contributed by atoms with Gasteiger partial charge in [-0.25, -0.2) is 4.79 Å². The first-order chi connectivity index (χ1) is 18.2. The fraction of sp³-hybridized carbons (Fsp3) is 0.517. The molecule has 0 radical (unpaired) electrons. The molecule has 0 fully saturated rings. The summed E-state index contributed by atoms with van der Waals surface area (Å²) in [6.45, 7) is 14.3. The lowest BCUT2D eigenvalue weighted by atomic mass is 9.92. The summed E-state index contributed by atoms with van der Waals surface area (Å²) in [7, 11) is 0. The summed E-state index contributed by atoms with van der Waals surface area (Å²) in [5.74, 6) is -0.242. The minimum Gasteiger partial charge on any atom is -0.444 e. The predicted molar refractivity (Wildman–Crippen MR) is 157 cm³/mol. The Hall–Kier alpha value is -3.03. The molecule has 2 N–H and O–H groups in total. The van der Waals surface area contributed by atoms with Gasteiger partial charge in [-0.1, -0.05) is 33.8 Å². The molecule has 0 spiro atoms. The van der Waals surface area contributed by atoms with Crippen molar-refractivity contribution in [2.75, 3.05) is 17.2 Å². The van der Waals surface area contributed by atoms with Gasteiger partial charge in [0, 0.05) is 28.4 Å². The van der Waals surface area contributed by atoms with E-state index in [0.717, 1.165) is 15.3 Å². The van der Waals surface area contributed by atoms with Crippen molar-refractivity contribution in [3.63, 3.8) is 0 Å². The number of amides is 3. The Balaban J connectivity index is 1.69. The summed E-state index contributed by atoms with van der Waals surface area (Å²) in [5.41, 5.74) is 1.34. The Bertz CT molecular complexity index is 1270. The van der Waals surface area contributed by atoms with Crippen LogP contribution in [0.3, 0.4) is 0 Å². The number of thiophene rings is 1. The highest BCUT2D eigenvalue weighted by Crippen LogP contribution is 2.38.